The van der Waals surface area contributed by atoms with E-state index in [0.717, 1.165) is 44.4 Å². The number of ether oxygens (including phenoxy) is 1. The molecular weight excluding hydrogens is 475 g/mol. The summed E-state index contributed by atoms with van der Waals surface area (Å²) in [6.45, 7) is 3.06. The second kappa shape index (κ2) is 9.42. The Kier molecular flexibility index (Phi) is 6.44. The normalized spacial score (nSPS) is 32.3. The Hall–Kier alpha value is -3.07. The van der Waals surface area contributed by atoms with Crippen LogP contribution in [0, 0.1) is 29.2 Å². The average Bonchev–Trinajstić information content (AvgIpc) is 2.80. The van der Waals surface area contributed by atoms with Crippen LogP contribution in [-0.2, 0) is 10.9 Å². The zero-order valence-corrected chi connectivity index (χ0v) is 19.9. The maximum atomic E-state index is 12.8. The highest BCUT2D eigenvalue weighted by Gasteiger charge is 2.57. The number of hydrogen-bond donors (Lipinski definition) is 2. The van der Waals surface area contributed by atoms with E-state index in [1.54, 1.807) is 0 Å². The summed E-state index contributed by atoms with van der Waals surface area (Å²) >= 11 is 0. The molecule has 1 aliphatic heterocycles. The number of amidine groups is 1. The van der Waals surface area contributed by atoms with E-state index in [0.29, 0.717) is 62.1 Å². The molecule has 1 amide bonds. The maximum absolute atomic E-state index is 12.8. The molecule has 1 aromatic heterocycles. The van der Waals surface area contributed by atoms with Gasteiger partial charge in [0.25, 0.3) is 0 Å². The van der Waals surface area contributed by atoms with Gasteiger partial charge in [0.15, 0.2) is 0 Å². The van der Waals surface area contributed by atoms with Gasteiger partial charge in [-0.2, -0.15) is 23.4 Å². The Labute approximate surface area is 207 Å². The van der Waals surface area contributed by atoms with E-state index < -0.39 is 23.4 Å². The largest absolute Gasteiger partial charge is 0.443 e. The fourth-order valence-corrected chi connectivity index (χ4v) is 6.98. The predicted octanol–water partition coefficient (Wildman–Crippen LogP) is 2.73. The molecule has 1 aromatic rings. The molecule has 2 atom stereocenters. The summed E-state index contributed by atoms with van der Waals surface area (Å²) in [6.07, 6.45) is 2.24. The van der Waals surface area contributed by atoms with Gasteiger partial charge in [-0.15, -0.1) is 0 Å². The molecule has 5 aliphatic rings. The number of hydrogen-bond acceptors (Lipinski definition) is 7. The summed E-state index contributed by atoms with van der Waals surface area (Å²) in [5, 5.41) is 12.9. The highest BCUT2D eigenvalue weighted by molar-refractivity contribution is 5.85. The van der Waals surface area contributed by atoms with Crippen molar-refractivity contribution in [2.75, 3.05) is 37.6 Å². The van der Waals surface area contributed by atoms with Crippen molar-refractivity contribution in [3.8, 4) is 6.19 Å². The molecule has 0 radical (unpaired) electrons. The number of primary amides is 1. The number of nitrogens with one attached hydrogen (secondary N) is 1. The first-order chi connectivity index (χ1) is 17.1. The van der Waals surface area contributed by atoms with Crippen LogP contribution in [0.25, 0.3) is 0 Å². The van der Waals surface area contributed by atoms with Crippen molar-refractivity contribution in [2.24, 2.45) is 28.5 Å². The Morgan fingerprint density at radius 1 is 1.22 bits per heavy atom. The summed E-state index contributed by atoms with van der Waals surface area (Å²) in [6, 6.07) is 2.64. The minimum Gasteiger partial charge on any atom is -0.443 e. The number of aliphatic imine (C=N–C) groups is 1. The van der Waals surface area contributed by atoms with Gasteiger partial charge in [-0.1, -0.05) is 0 Å². The molecule has 1 saturated heterocycles. The van der Waals surface area contributed by atoms with Crippen LogP contribution < -0.4 is 16.0 Å². The number of carbonyl (C=O) groups excluding carboxylic acids is 1. The van der Waals surface area contributed by atoms with Crippen LogP contribution >= 0.6 is 0 Å². The molecule has 0 spiro atoms. The zero-order valence-electron chi connectivity index (χ0n) is 19.9. The van der Waals surface area contributed by atoms with Gasteiger partial charge in [0, 0.05) is 38.4 Å². The molecular formula is C24H30F3N7O2. The highest BCUT2D eigenvalue weighted by Crippen LogP contribution is 2.57. The third-order valence-corrected chi connectivity index (χ3v) is 8.20. The number of aromatic nitrogens is 1. The number of alkyl halides is 3. The summed E-state index contributed by atoms with van der Waals surface area (Å²) in [5.74, 6) is 2.35. The zero-order chi connectivity index (χ0) is 25.5. The van der Waals surface area contributed by atoms with Crippen LogP contribution in [-0.4, -0.2) is 66.2 Å². The van der Waals surface area contributed by atoms with Gasteiger partial charge >= 0.3 is 12.3 Å². The molecule has 5 fully saturated rings. The molecule has 9 nitrogen and oxygen atoms in total. The van der Waals surface area contributed by atoms with E-state index in [4.69, 9.17) is 10.5 Å². The maximum Gasteiger partial charge on any atom is 0.417 e. The lowest BCUT2D eigenvalue weighted by atomic mass is 9.52. The molecule has 2 unspecified atom stereocenters. The first-order valence-corrected chi connectivity index (χ1v) is 12.4. The van der Waals surface area contributed by atoms with Crippen molar-refractivity contribution in [1.29, 1.82) is 5.26 Å². The second-order valence-corrected chi connectivity index (χ2v) is 10.6. The predicted molar refractivity (Wildman–Crippen MR) is 125 cm³/mol. The monoisotopic (exact) mass is 505 g/mol. The van der Waals surface area contributed by atoms with Crippen LogP contribution in [0.4, 0.5) is 23.8 Å². The number of nitrogens with two attached hydrogens (primary N) is 1. The SMILES string of the molecule is N#C/N=C(\CN1CCN(c2ccc(C(F)(F)F)cn2)CC1)NC1C2CC3CC1CC(OC(N)=O)(C3)C2. The molecule has 194 valence electrons. The molecule has 6 rings (SSSR count). The Morgan fingerprint density at radius 2 is 1.92 bits per heavy atom. The van der Waals surface area contributed by atoms with Gasteiger partial charge in [-0.05, 0) is 62.0 Å². The molecule has 0 aromatic carbocycles. The van der Waals surface area contributed by atoms with E-state index in [2.05, 4.69) is 20.2 Å². The molecule has 36 heavy (non-hydrogen) atoms. The Balaban J connectivity index is 1.17. The average molecular weight is 506 g/mol. The first kappa shape index (κ1) is 24.6. The van der Waals surface area contributed by atoms with Gasteiger partial charge in [-0.25, -0.2) is 9.78 Å². The topological polar surface area (TPSA) is 120 Å². The van der Waals surface area contributed by atoms with Crippen molar-refractivity contribution in [1.82, 2.24) is 15.2 Å². The molecule has 4 saturated carbocycles. The number of halogens is 3. The quantitative estimate of drug-likeness (QED) is 0.359. The van der Waals surface area contributed by atoms with Gasteiger partial charge in [0.05, 0.1) is 12.1 Å². The van der Waals surface area contributed by atoms with Crippen LogP contribution in [0.2, 0.25) is 0 Å². The van der Waals surface area contributed by atoms with E-state index in [1.807, 2.05) is 11.1 Å². The molecule has 2 heterocycles. The summed E-state index contributed by atoms with van der Waals surface area (Å²) in [7, 11) is 0. The number of carbonyl (C=O) groups is 1. The lowest BCUT2D eigenvalue weighted by molar-refractivity contribution is -0.138. The van der Waals surface area contributed by atoms with Crippen molar-refractivity contribution < 1.29 is 22.7 Å². The lowest BCUT2D eigenvalue weighted by Gasteiger charge is -2.59. The number of pyridine rings is 1. The number of amides is 1. The Bertz CT molecular complexity index is 1030. The standard InChI is InChI=1S/C24H30F3N7O2/c25-24(26,27)18-1-2-20(30-12-18)34-5-3-33(4-6-34)13-19(31-14-28)32-21-16-7-15-8-17(21)11-23(9-15,10-16)36-22(29)35/h1-2,12,15-17,21H,3-11,13H2,(H2,29,35)(H,31,32). The third-order valence-electron chi connectivity index (χ3n) is 8.20. The van der Waals surface area contributed by atoms with Crippen LogP contribution in [0.5, 0.6) is 0 Å². The number of anilines is 1. The molecule has 3 N–H and O–H groups in total. The van der Waals surface area contributed by atoms with Gasteiger partial charge in [0.1, 0.15) is 17.3 Å². The van der Waals surface area contributed by atoms with Gasteiger partial charge < -0.3 is 20.7 Å². The number of rotatable bonds is 5. The molecule has 4 bridgehead atoms. The van der Waals surface area contributed by atoms with Gasteiger partial charge in [0.2, 0.25) is 6.19 Å². The van der Waals surface area contributed by atoms with Gasteiger partial charge in [-0.3, -0.25) is 4.90 Å². The minimum atomic E-state index is -4.40. The fourth-order valence-electron chi connectivity index (χ4n) is 6.98. The lowest BCUT2D eigenvalue weighted by Crippen LogP contribution is -2.63. The minimum absolute atomic E-state index is 0.177. The second-order valence-electron chi connectivity index (χ2n) is 10.6. The first-order valence-electron chi connectivity index (χ1n) is 12.4. The smallest absolute Gasteiger partial charge is 0.417 e. The van der Waals surface area contributed by atoms with E-state index in [9.17, 15) is 23.2 Å². The summed E-state index contributed by atoms with van der Waals surface area (Å²) < 4.78 is 44.0. The van der Waals surface area contributed by atoms with Crippen molar-refractivity contribution in [2.45, 2.75) is 49.9 Å². The number of piperazine rings is 1. The molecule has 4 aliphatic carbocycles. The Morgan fingerprint density at radius 3 is 2.47 bits per heavy atom. The van der Waals surface area contributed by atoms with Crippen molar-refractivity contribution in [3.63, 3.8) is 0 Å². The third kappa shape index (κ3) is 5.07. The van der Waals surface area contributed by atoms with Crippen molar-refractivity contribution >= 4 is 17.7 Å². The fraction of sp³-hybridized carbons (Fsp3) is 0.667. The van der Waals surface area contributed by atoms with Crippen LogP contribution in [0.15, 0.2) is 23.3 Å². The summed E-state index contributed by atoms with van der Waals surface area (Å²) in [4.78, 5) is 23.7. The highest BCUT2D eigenvalue weighted by atomic mass is 19.4. The molecule has 12 heteroatoms. The number of nitrogens with zero attached hydrogens (tertiary/aromatic N) is 5. The van der Waals surface area contributed by atoms with E-state index >= 15 is 0 Å². The van der Waals surface area contributed by atoms with Crippen molar-refractivity contribution in [3.05, 3.63) is 23.9 Å². The van der Waals surface area contributed by atoms with Crippen LogP contribution in [0.3, 0.4) is 0 Å². The van der Waals surface area contributed by atoms with E-state index in [-0.39, 0.29) is 6.04 Å². The number of nitriles is 1. The van der Waals surface area contributed by atoms with Crippen LogP contribution in [0.1, 0.15) is 37.7 Å². The summed E-state index contributed by atoms with van der Waals surface area (Å²) in [5.41, 5.74) is 4.15. The van der Waals surface area contributed by atoms with E-state index in [1.165, 1.54) is 6.07 Å².